The molecule has 0 aromatic carbocycles. The van der Waals surface area contributed by atoms with Gasteiger partial charge in [0.2, 0.25) is 5.76 Å². The maximum absolute atomic E-state index is 11.7. The van der Waals surface area contributed by atoms with E-state index in [-0.39, 0.29) is 11.9 Å². The van der Waals surface area contributed by atoms with E-state index < -0.39 is 0 Å². The maximum Gasteiger partial charge on any atom is 0.290 e. The predicted molar refractivity (Wildman–Crippen MR) is 54.6 cm³/mol. The SMILES string of the molecule is Cc1cnoc1C(=O)NC1CCNCC1. The predicted octanol–water partition coefficient (Wildman–Crippen LogP) is 0.465. The fourth-order valence-electron chi connectivity index (χ4n) is 1.73. The van der Waals surface area contributed by atoms with Crippen LogP contribution in [-0.2, 0) is 0 Å². The van der Waals surface area contributed by atoms with Gasteiger partial charge in [-0.3, -0.25) is 4.79 Å². The minimum absolute atomic E-state index is 0.156. The third kappa shape index (κ3) is 2.36. The Kier molecular flexibility index (Phi) is 3.01. The van der Waals surface area contributed by atoms with Gasteiger partial charge in [0.1, 0.15) is 0 Å². The van der Waals surface area contributed by atoms with Gasteiger partial charge in [0, 0.05) is 11.6 Å². The van der Waals surface area contributed by atoms with Crippen molar-refractivity contribution in [2.24, 2.45) is 0 Å². The zero-order chi connectivity index (χ0) is 10.7. The summed E-state index contributed by atoms with van der Waals surface area (Å²) in [5.41, 5.74) is 0.779. The molecule has 0 unspecified atom stereocenters. The Hall–Kier alpha value is -1.36. The molecule has 1 aliphatic rings. The Morgan fingerprint density at radius 3 is 2.93 bits per heavy atom. The van der Waals surface area contributed by atoms with E-state index in [0.29, 0.717) is 5.76 Å². The van der Waals surface area contributed by atoms with Crippen LogP contribution in [0.2, 0.25) is 0 Å². The summed E-state index contributed by atoms with van der Waals surface area (Å²) in [5.74, 6) is 0.172. The van der Waals surface area contributed by atoms with Crippen LogP contribution in [0.3, 0.4) is 0 Å². The lowest BCUT2D eigenvalue weighted by molar-refractivity contribution is 0.0891. The average Bonchev–Trinajstić information content (AvgIpc) is 2.66. The Morgan fingerprint density at radius 2 is 2.33 bits per heavy atom. The van der Waals surface area contributed by atoms with Gasteiger partial charge in [0.05, 0.1) is 6.20 Å². The number of nitrogens with zero attached hydrogens (tertiary/aromatic N) is 1. The third-order valence-corrected chi connectivity index (χ3v) is 2.63. The highest BCUT2D eigenvalue weighted by Crippen LogP contribution is 2.08. The highest BCUT2D eigenvalue weighted by atomic mass is 16.5. The minimum Gasteiger partial charge on any atom is -0.351 e. The Morgan fingerprint density at radius 1 is 1.60 bits per heavy atom. The van der Waals surface area contributed by atoms with Gasteiger partial charge in [0.25, 0.3) is 5.91 Å². The number of carbonyl (C=O) groups is 1. The van der Waals surface area contributed by atoms with Crippen molar-refractivity contribution in [3.63, 3.8) is 0 Å². The fraction of sp³-hybridized carbons (Fsp3) is 0.600. The second kappa shape index (κ2) is 4.44. The summed E-state index contributed by atoms with van der Waals surface area (Å²) in [6.45, 7) is 3.73. The van der Waals surface area contributed by atoms with E-state index in [1.54, 1.807) is 6.20 Å². The van der Waals surface area contributed by atoms with Gasteiger partial charge in [0.15, 0.2) is 0 Å². The van der Waals surface area contributed by atoms with Crippen molar-refractivity contribution in [2.75, 3.05) is 13.1 Å². The van der Waals surface area contributed by atoms with Gasteiger partial charge in [-0.2, -0.15) is 0 Å². The molecule has 15 heavy (non-hydrogen) atoms. The molecule has 5 nitrogen and oxygen atoms in total. The van der Waals surface area contributed by atoms with E-state index in [2.05, 4.69) is 15.8 Å². The molecule has 1 aromatic heterocycles. The highest BCUT2D eigenvalue weighted by Gasteiger charge is 2.19. The molecule has 2 rings (SSSR count). The molecule has 0 spiro atoms. The Bertz CT molecular complexity index is 342. The second-order valence-electron chi connectivity index (χ2n) is 3.84. The summed E-state index contributed by atoms with van der Waals surface area (Å²) in [5, 5.41) is 9.78. The first-order valence-electron chi connectivity index (χ1n) is 5.20. The van der Waals surface area contributed by atoms with Crippen molar-refractivity contribution < 1.29 is 9.32 Å². The molecule has 82 valence electrons. The number of hydrogen-bond donors (Lipinski definition) is 2. The van der Waals surface area contributed by atoms with E-state index in [9.17, 15) is 4.79 Å². The van der Waals surface area contributed by atoms with Crippen molar-refractivity contribution in [1.82, 2.24) is 15.8 Å². The van der Waals surface area contributed by atoms with Gasteiger partial charge < -0.3 is 15.2 Å². The van der Waals surface area contributed by atoms with Crippen LogP contribution < -0.4 is 10.6 Å². The van der Waals surface area contributed by atoms with Crippen LogP contribution in [0.25, 0.3) is 0 Å². The summed E-state index contributed by atoms with van der Waals surface area (Å²) in [4.78, 5) is 11.7. The van der Waals surface area contributed by atoms with Gasteiger partial charge >= 0.3 is 0 Å². The molecule has 5 heteroatoms. The normalized spacial score (nSPS) is 17.7. The second-order valence-corrected chi connectivity index (χ2v) is 3.84. The van der Waals surface area contributed by atoms with Crippen LogP contribution in [0.1, 0.15) is 29.0 Å². The zero-order valence-corrected chi connectivity index (χ0v) is 8.75. The molecular weight excluding hydrogens is 194 g/mol. The van der Waals surface area contributed by atoms with Crippen molar-refractivity contribution in [3.8, 4) is 0 Å². The lowest BCUT2D eigenvalue weighted by Gasteiger charge is -2.23. The van der Waals surface area contributed by atoms with Gasteiger partial charge in [-0.05, 0) is 32.9 Å². The average molecular weight is 209 g/mol. The lowest BCUT2D eigenvalue weighted by Crippen LogP contribution is -2.42. The molecule has 0 radical (unpaired) electrons. The molecule has 0 aliphatic carbocycles. The third-order valence-electron chi connectivity index (χ3n) is 2.63. The number of aryl methyl sites for hydroxylation is 1. The number of carbonyl (C=O) groups excluding carboxylic acids is 1. The maximum atomic E-state index is 11.7. The van der Waals surface area contributed by atoms with E-state index in [4.69, 9.17) is 4.52 Å². The Labute approximate surface area is 88.2 Å². The lowest BCUT2D eigenvalue weighted by atomic mass is 10.1. The number of nitrogens with one attached hydrogen (secondary N) is 2. The zero-order valence-electron chi connectivity index (χ0n) is 8.75. The van der Waals surface area contributed by atoms with Crippen LogP contribution in [0, 0.1) is 6.92 Å². The molecule has 1 saturated heterocycles. The molecule has 1 aliphatic heterocycles. The van der Waals surface area contributed by atoms with E-state index >= 15 is 0 Å². The summed E-state index contributed by atoms with van der Waals surface area (Å²) >= 11 is 0. The molecule has 0 saturated carbocycles. The molecule has 2 N–H and O–H groups in total. The number of hydrogen-bond acceptors (Lipinski definition) is 4. The van der Waals surface area contributed by atoms with Gasteiger partial charge in [-0.15, -0.1) is 0 Å². The number of amides is 1. The van der Waals surface area contributed by atoms with Gasteiger partial charge in [-0.25, -0.2) is 0 Å². The first-order chi connectivity index (χ1) is 7.27. The summed E-state index contributed by atoms with van der Waals surface area (Å²) in [6, 6.07) is 0.253. The van der Waals surface area contributed by atoms with Crippen molar-refractivity contribution >= 4 is 5.91 Å². The van der Waals surface area contributed by atoms with Crippen LogP contribution >= 0.6 is 0 Å². The van der Waals surface area contributed by atoms with E-state index in [0.717, 1.165) is 31.5 Å². The van der Waals surface area contributed by atoms with Crippen LogP contribution in [0.5, 0.6) is 0 Å². The van der Waals surface area contributed by atoms with E-state index in [1.807, 2.05) is 6.92 Å². The summed E-state index contributed by atoms with van der Waals surface area (Å²) in [7, 11) is 0. The smallest absolute Gasteiger partial charge is 0.290 e. The van der Waals surface area contributed by atoms with Gasteiger partial charge in [-0.1, -0.05) is 5.16 Å². The molecule has 1 amide bonds. The highest BCUT2D eigenvalue weighted by molar-refractivity contribution is 5.92. The van der Waals surface area contributed by atoms with Crippen LogP contribution in [-0.4, -0.2) is 30.2 Å². The molecule has 1 aromatic rings. The Balaban J connectivity index is 1.94. The topological polar surface area (TPSA) is 67.2 Å². The molecule has 1 fully saturated rings. The van der Waals surface area contributed by atoms with Crippen molar-refractivity contribution in [3.05, 3.63) is 17.5 Å². The first kappa shape index (κ1) is 10.2. The largest absolute Gasteiger partial charge is 0.351 e. The van der Waals surface area contributed by atoms with Crippen molar-refractivity contribution in [1.29, 1.82) is 0 Å². The van der Waals surface area contributed by atoms with E-state index in [1.165, 1.54) is 0 Å². The molecule has 0 bridgehead atoms. The summed E-state index contributed by atoms with van der Waals surface area (Å²) < 4.78 is 4.89. The number of piperidine rings is 1. The monoisotopic (exact) mass is 209 g/mol. The minimum atomic E-state index is -0.156. The van der Waals surface area contributed by atoms with Crippen molar-refractivity contribution in [2.45, 2.75) is 25.8 Å². The fourth-order valence-corrected chi connectivity index (χ4v) is 1.73. The summed E-state index contributed by atoms with van der Waals surface area (Å²) in [6.07, 6.45) is 3.50. The number of aromatic nitrogens is 1. The van der Waals surface area contributed by atoms with Crippen LogP contribution in [0.4, 0.5) is 0 Å². The number of rotatable bonds is 2. The van der Waals surface area contributed by atoms with Crippen LogP contribution in [0.15, 0.2) is 10.7 Å². The quantitative estimate of drug-likeness (QED) is 0.742. The standard InChI is InChI=1S/C10H15N3O2/c1-7-6-12-15-9(7)10(14)13-8-2-4-11-5-3-8/h6,8,11H,2-5H2,1H3,(H,13,14). The molecule has 2 heterocycles. The first-order valence-corrected chi connectivity index (χ1v) is 5.20. The molecular formula is C10H15N3O2. The molecule has 0 atom stereocenters.